The Hall–Kier alpha value is -9.57. The molecular weight excluding hydrogens is 2000 g/mol. The summed E-state index contributed by atoms with van der Waals surface area (Å²) in [6, 6.07) is 6.13. The van der Waals surface area contributed by atoms with Gasteiger partial charge < -0.3 is 61.7 Å². The topological polar surface area (TPSA) is 358 Å². The van der Waals surface area contributed by atoms with E-state index in [-0.39, 0.29) is 211 Å². The number of ether oxygens (including phenoxy) is 5. The van der Waals surface area contributed by atoms with Crippen molar-refractivity contribution in [2.75, 3.05) is 62.8 Å². The van der Waals surface area contributed by atoms with Crippen LogP contribution in [0, 0.1) is 73.6 Å². The second-order valence-electron chi connectivity index (χ2n) is 38.7. The fourth-order valence-corrected chi connectivity index (χ4v) is 20.2. The summed E-state index contributed by atoms with van der Waals surface area (Å²) in [5.41, 5.74) is 32.4. The molecule has 9 N–H and O–H groups in total. The maximum absolute atomic E-state index is 15.6. The average molecular weight is 2140 g/mol. The Bertz CT molecular complexity index is 6630. The van der Waals surface area contributed by atoms with Crippen molar-refractivity contribution in [3.05, 3.63) is 208 Å². The van der Waals surface area contributed by atoms with Crippen LogP contribution in [0.3, 0.4) is 0 Å². The van der Waals surface area contributed by atoms with E-state index in [1.54, 1.807) is 78.6 Å². The number of nitrogens with zero attached hydrogens (tertiary/aromatic N) is 14. The van der Waals surface area contributed by atoms with Crippen molar-refractivity contribution < 1.29 is 60.4 Å². The molecule has 142 heavy (non-hydrogen) atoms. The number of benzene rings is 4. The highest BCUT2D eigenvalue weighted by atomic mass is 35.5. The van der Waals surface area contributed by atoms with E-state index in [1.807, 2.05) is 128 Å². The molecule has 5 atom stereocenters. The number of carbonyl (C=O) groups is 4. The van der Waals surface area contributed by atoms with Crippen molar-refractivity contribution in [2.45, 2.75) is 256 Å². The minimum Gasteiger partial charge on any atom is -0.490 e. The Balaban J connectivity index is 0.000000209. The number of imidazole rings is 4. The molecule has 3 aliphatic carbocycles. The minimum atomic E-state index is -0.792. The Labute approximate surface area is 881 Å². The predicted octanol–water partition coefficient (Wildman–Crippen LogP) is 21.8. The first-order valence-corrected chi connectivity index (χ1v) is 48.4. The number of Topliss-reactive ketones (excluding diaryl/α,β-unsaturated/α-hetero) is 1. The summed E-state index contributed by atoms with van der Waals surface area (Å²) < 4.78 is 98.9. The molecule has 4 aromatic carbocycles. The first-order chi connectivity index (χ1) is 64.8. The van der Waals surface area contributed by atoms with Crippen molar-refractivity contribution in [1.29, 1.82) is 0 Å². The van der Waals surface area contributed by atoms with Crippen LogP contribution < -0.4 is 47.2 Å². The molecule has 0 radical (unpaired) electrons. The molecule has 1 spiro atoms. The summed E-state index contributed by atoms with van der Waals surface area (Å²) >= 11 is 25.4. The third-order valence-corrected chi connectivity index (χ3v) is 28.1. The predicted molar refractivity (Wildman–Crippen MR) is 577 cm³/mol. The summed E-state index contributed by atoms with van der Waals surface area (Å²) in [5.74, 6) is -0.347. The number of nitrogens with one attached hydrogen (secondary N) is 1. The van der Waals surface area contributed by atoms with E-state index in [1.165, 1.54) is 31.4 Å². The van der Waals surface area contributed by atoms with Gasteiger partial charge in [-0.25, -0.2) is 57.4 Å². The van der Waals surface area contributed by atoms with E-state index in [2.05, 4.69) is 39.1 Å². The Kier molecular flexibility index (Phi) is 39.0. The highest BCUT2D eigenvalue weighted by Crippen LogP contribution is 2.52. The SMILES string of the molecule is CO[C@H]1CCCN(C(=O)c2c(F)c(Cl)cc([C@H](C)c3nc(C)c4c(N)nccn34)c2OC(C)C)C1.Cc1nc([C@@H](C)c2cc(Cl)c(F)c(C(=O)CC3CC(C)C3)c2OC(C)C)n2ccnc(N)c12.Cc1nc([C@@H](C)c2cc(Cl)c(F)c(C(=O)N3CCC4(CCC4)CC3)c2OC(C)C)n2ccnc(N)c12.Cc1nc([C@@H](C)c2cc(Cl)c(F)c(C(=O)NCC3(C)CC3)c2OC(C)C)n2ccnc(N)c12.S.S.S.S.S. The summed E-state index contributed by atoms with van der Waals surface area (Å²) in [5, 5.41) is 2.37. The molecule has 41 heteroatoms. The van der Waals surface area contributed by atoms with Crippen molar-refractivity contribution in [2.24, 2.45) is 22.7 Å². The highest BCUT2D eigenvalue weighted by Gasteiger charge is 2.44. The van der Waals surface area contributed by atoms with Gasteiger partial charge in [0.1, 0.15) is 108 Å². The zero-order chi connectivity index (χ0) is 99.3. The van der Waals surface area contributed by atoms with Crippen molar-refractivity contribution >= 4 is 183 Å². The number of ketones is 1. The number of aryl methyl sites for hydroxylation is 4. The Morgan fingerprint density at radius 1 is 0.451 bits per heavy atom. The lowest BCUT2D eigenvalue weighted by Gasteiger charge is -2.48. The molecule has 772 valence electrons. The molecule has 28 nitrogen and oxygen atoms in total. The zero-order valence-corrected chi connectivity index (χ0v) is 91.6. The number of halogens is 8. The van der Waals surface area contributed by atoms with Crippen LogP contribution in [0.15, 0.2) is 73.8 Å². The number of nitrogens with two attached hydrogens (primary N) is 4. The number of methoxy groups -OCH3 is 1. The molecule has 8 aromatic heterocycles. The lowest BCUT2D eigenvalue weighted by atomic mass is 9.63. The van der Waals surface area contributed by atoms with E-state index in [0.717, 1.165) is 68.4 Å². The number of piperidine rings is 2. The molecule has 2 saturated heterocycles. The molecule has 10 heterocycles. The molecule has 12 aromatic rings. The van der Waals surface area contributed by atoms with Crippen LogP contribution >= 0.6 is 114 Å². The first kappa shape index (κ1) is 116. The molecule has 3 saturated carbocycles. The number of nitrogen functional groups attached to an aromatic ring is 4. The van der Waals surface area contributed by atoms with Gasteiger partial charge in [0.2, 0.25) is 0 Å². The van der Waals surface area contributed by atoms with Gasteiger partial charge in [-0.3, -0.25) is 36.8 Å². The van der Waals surface area contributed by atoms with E-state index in [4.69, 9.17) is 113 Å². The van der Waals surface area contributed by atoms with Gasteiger partial charge in [0, 0.05) is 142 Å². The van der Waals surface area contributed by atoms with Gasteiger partial charge >= 0.3 is 0 Å². The van der Waals surface area contributed by atoms with Crippen LogP contribution in [-0.4, -0.2) is 161 Å². The second-order valence-corrected chi connectivity index (χ2v) is 40.4. The summed E-state index contributed by atoms with van der Waals surface area (Å²) in [4.78, 5) is 92.7. The number of hydrogen-bond acceptors (Lipinski definition) is 21. The molecule has 5 fully saturated rings. The fourth-order valence-electron chi connectivity index (χ4n) is 19.3. The third kappa shape index (κ3) is 24.0. The maximum Gasteiger partial charge on any atom is 0.260 e. The number of carbonyl (C=O) groups excluding carboxylic acids is 4. The molecular formula is C101H133Cl4F4N19O9S5. The first-order valence-electron chi connectivity index (χ1n) is 46.9. The largest absolute Gasteiger partial charge is 0.490 e. The minimum absolute atomic E-state index is 0. The fraction of sp³-hybridized carbons (Fsp3) is 0.485. The highest BCUT2D eigenvalue weighted by molar-refractivity contribution is 7.60. The number of likely N-dealkylation sites (tertiary alicyclic amines) is 2. The lowest BCUT2D eigenvalue weighted by Crippen LogP contribution is -2.46. The zero-order valence-electron chi connectivity index (χ0n) is 83.6. The van der Waals surface area contributed by atoms with Crippen LogP contribution in [0.5, 0.6) is 23.0 Å². The number of anilines is 4. The lowest BCUT2D eigenvalue weighted by molar-refractivity contribution is 0.0263. The molecule has 0 bridgehead atoms. The number of rotatable bonds is 25. The van der Waals surface area contributed by atoms with Crippen LogP contribution in [0.4, 0.5) is 40.8 Å². The van der Waals surface area contributed by atoms with Gasteiger partial charge in [-0.15, -0.1) is 0 Å². The van der Waals surface area contributed by atoms with E-state index >= 15 is 17.6 Å². The third-order valence-electron chi connectivity index (χ3n) is 27.0. The number of amides is 3. The molecule has 5 aliphatic rings. The van der Waals surface area contributed by atoms with Gasteiger partial charge in [0.05, 0.1) is 78.9 Å². The van der Waals surface area contributed by atoms with Gasteiger partial charge in [-0.2, -0.15) is 67.5 Å². The van der Waals surface area contributed by atoms with E-state index < -0.39 is 41.0 Å². The normalized spacial score (nSPS) is 16.9. The van der Waals surface area contributed by atoms with Crippen molar-refractivity contribution in [1.82, 2.24) is 72.6 Å². The van der Waals surface area contributed by atoms with Crippen LogP contribution in [0.25, 0.3) is 22.1 Å². The average Bonchev–Trinajstić information content (AvgIpc) is 1.52. The number of hydrogen-bond donors (Lipinski definition) is 5. The molecule has 0 unspecified atom stereocenters. The standard InChI is InChI=1S/C27H33ClFN5O2.C25H31ClFN5O3.C25H30ClFN4O2.C24H29ClFN5O2.5H2S/c1-15(2)36-23-18(16(3)25-32-17(4)22-24(30)31-10-13-34(22)25)14-19(28)21(29)20(23)26(35)33-11-8-27(9-12-33)6-5-7-27;1-13(2)35-22-17(14(3)24-30-15(4)21-23(28)29-8-10-32(21)24)11-18(26)20(27)19(22)25(33)31-9-6-7-16(12-31)34-5;1-12(2)33-23-17(14(4)25-30-15(5)22-24(28)29-6-7-31(22)25)11-18(26)21(27)20(23)19(32)10-16-8-13(3)9-16;1-12(2)33-20-15(13(3)22-30-14(4)19-21(27)28-8-9-31(19)22)10-16(25)18(26)17(20)23(32)29-11-24(5)6-7-24;;;;;/h10,13-16H,5-9,11-12H2,1-4H3,(H2,30,31);8,10-11,13-14,16H,6-7,9,12H2,1-5H3,(H2,28,29);6-7,11-14,16H,8-10H2,1-5H3,(H2,28,29);8-10,12-13H,6-7,11H2,1-5H3,(H2,27,28)(H,29,32);5*1H2/t16-;14-,16-;13?,14-,16?;13-;;;;;/m0000...../s1. The van der Waals surface area contributed by atoms with Crippen LogP contribution in [0.2, 0.25) is 20.1 Å². The molecule has 17 rings (SSSR count). The van der Waals surface area contributed by atoms with E-state index in [0.29, 0.717) is 141 Å². The second kappa shape index (κ2) is 47.7. The van der Waals surface area contributed by atoms with Crippen molar-refractivity contribution in [3.8, 4) is 23.0 Å². The summed E-state index contributed by atoms with van der Waals surface area (Å²) in [6.07, 6.45) is 23.9. The monoisotopic (exact) mass is 2130 g/mol. The number of aromatic nitrogens is 12. The van der Waals surface area contributed by atoms with Crippen LogP contribution in [0.1, 0.15) is 307 Å². The summed E-state index contributed by atoms with van der Waals surface area (Å²) in [7, 11) is 1.62. The maximum atomic E-state index is 15.6. The van der Waals surface area contributed by atoms with Gasteiger partial charge in [-0.1, -0.05) is 94.4 Å². The van der Waals surface area contributed by atoms with Gasteiger partial charge in [0.25, 0.3) is 17.7 Å². The van der Waals surface area contributed by atoms with Gasteiger partial charge in [0.15, 0.2) is 29.1 Å². The molecule has 2 aliphatic heterocycles. The quantitative estimate of drug-likeness (QED) is 0.0262. The van der Waals surface area contributed by atoms with Crippen LogP contribution in [-0.2, 0) is 4.74 Å². The smallest absolute Gasteiger partial charge is 0.260 e. The Morgan fingerprint density at radius 2 is 0.761 bits per heavy atom. The van der Waals surface area contributed by atoms with E-state index in [9.17, 15) is 19.2 Å². The molecule has 3 amide bonds. The Morgan fingerprint density at radius 3 is 1.06 bits per heavy atom. The number of fused-ring (bicyclic) bond motifs is 4. The van der Waals surface area contributed by atoms with Gasteiger partial charge in [-0.05, 0) is 194 Å². The van der Waals surface area contributed by atoms with Crippen molar-refractivity contribution in [3.63, 3.8) is 0 Å². The summed E-state index contributed by atoms with van der Waals surface area (Å²) in [6.45, 7) is 36.7.